The molecule has 39 heavy (non-hydrogen) atoms. The first-order valence-corrected chi connectivity index (χ1v) is 13.5. The van der Waals surface area contributed by atoms with Crippen LogP contribution in [-0.2, 0) is 24.2 Å². The van der Waals surface area contributed by atoms with Crippen LogP contribution in [0.15, 0.2) is 30.3 Å². The van der Waals surface area contributed by atoms with E-state index in [4.69, 9.17) is 4.98 Å². The van der Waals surface area contributed by atoms with Gasteiger partial charge in [0.1, 0.15) is 5.69 Å². The Morgan fingerprint density at radius 3 is 2.79 bits per heavy atom. The number of aromatic hydroxyl groups is 1. The van der Waals surface area contributed by atoms with Gasteiger partial charge in [-0.05, 0) is 68.4 Å². The van der Waals surface area contributed by atoms with Crippen molar-refractivity contribution < 1.29 is 14.3 Å². The summed E-state index contributed by atoms with van der Waals surface area (Å²) in [7, 11) is 4.09. The number of aromatic nitrogens is 4. The maximum Gasteiger partial charge on any atom is 0.240 e. The largest absolute Gasteiger partial charge is 0.505 e. The van der Waals surface area contributed by atoms with Crippen molar-refractivity contribution in [2.45, 2.75) is 45.3 Å². The van der Waals surface area contributed by atoms with E-state index in [1.807, 2.05) is 37.1 Å². The molecule has 6 rings (SSSR count). The van der Waals surface area contributed by atoms with E-state index >= 15 is 0 Å². The molecule has 2 aliphatic rings. The van der Waals surface area contributed by atoms with Crippen molar-refractivity contribution in [3.05, 3.63) is 53.1 Å². The zero-order valence-corrected chi connectivity index (χ0v) is 22.8. The maximum absolute atomic E-state index is 14.2. The third-order valence-electron chi connectivity index (χ3n) is 8.24. The van der Waals surface area contributed by atoms with Gasteiger partial charge in [0, 0.05) is 44.0 Å². The number of piperazine rings is 1. The van der Waals surface area contributed by atoms with Gasteiger partial charge in [-0.3, -0.25) is 14.8 Å². The SMILES string of the molecule is CCc1cc(O)c(F)cc1-c1ccc2c(-c3nc4c([nH]3)CN(C)[C@H](C(=O)N3CCN(C)C[C@@H]3C)C4)n[nH]c2c1. The number of nitrogens with zero attached hydrogens (tertiary/aromatic N) is 5. The van der Waals surface area contributed by atoms with Crippen molar-refractivity contribution in [2.75, 3.05) is 33.7 Å². The molecule has 0 unspecified atom stereocenters. The number of aryl methyl sites for hydroxylation is 1. The van der Waals surface area contributed by atoms with Gasteiger partial charge in [0.2, 0.25) is 5.91 Å². The van der Waals surface area contributed by atoms with Crippen molar-refractivity contribution in [1.82, 2.24) is 34.9 Å². The number of H-pyrrole nitrogens is 2. The number of nitrogens with one attached hydrogen (secondary N) is 2. The molecule has 0 radical (unpaired) electrons. The lowest BCUT2D eigenvalue weighted by molar-refractivity contribution is -0.141. The average molecular weight is 532 g/mol. The zero-order valence-electron chi connectivity index (χ0n) is 22.8. The Balaban J connectivity index is 1.28. The molecule has 0 spiro atoms. The summed E-state index contributed by atoms with van der Waals surface area (Å²) < 4.78 is 14.2. The third-order valence-corrected chi connectivity index (χ3v) is 8.24. The van der Waals surface area contributed by atoms with Gasteiger partial charge in [-0.25, -0.2) is 9.37 Å². The van der Waals surface area contributed by atoms with Gasteiger partial charge in [-0.15, -0.1) is 0 Å². The molecule has 2 aliphatic heterocycles. The quantitative estimate of drug-likeness (QED) is 0.372. The van der Waals surface area contributed by atoms with Gasteiger partial charge in [-0.2, -0.15) is 5.10 Å². The Morgan fingerprint density at radius 1 is 1.21 bits per heavy atom. The minimum absolute atomic E-state index is 0.170. The third kappa shape index (κ3) is 4.47. The predicted octanol–water partition coefficient (Wildman–Crippen LogP) is 3.55. The molecular weight excluding hydrogens is 497 g/mol. The number of imidazole rings is 1. The molecule has 3 N–H and O–H groups in total. The highest BCUT2D eigenvalue weighted by molar-refractivity contribution is 5.94. The highest BCUT2D eigenvalue weighted by atomic mass is 19.1. The van der Waals surface area contributed by atoms with E-state index in [2.05, 4.69) is 39.0 Å². The minimum Gasteiger partial charge on any atom is -0.505 e. The number of carbonyl (C=O) groups excluding carboxylic acids is 1. The number of amides is 1. The fourth-order valence-corrected chi connectivity index (χ4v) is 6.02. The lowest BCUT2D eigenvalue weighted by Crippen LogP contribution is -2.58. The maximum atomic E-state index is 14.2. The highest BCUT2D eigenvalue weighted by Gasteiger charge is 2.37. The van der Waals surface area contributed by atoms with Crippen LogP contribution in [0, 0.1) is 5.82 Å². The first kappa shape index (κ1) is 25.5. The van der Waals surface area contributed by atoms with E-state index < -0.39 is 5.82 Å². The number of carbonyl (C=O) groups is 1. The zero-order chi connectivity index (χ0) is 27.4. The number of halogens is 1. The Labute approximate surface area is 226 Å². The molecule has 1 saturated heterocycles. The smallest absolute Gasteiger partial charge is 0.240 e. The lowest BCUT2D eigenvalue weighted by Gasteiger charge is -2.42. The molecular formula is C29H34FN7O2. The number of rotatable bonds is 4. The lowest BCUT2D eigenvalue weighted by atomic mass is 9.96. The van der Waals surface area contributed by atoms with Gasteiger partial charge in [0.25, 0.3) is 0 Å². The molecule has 10 heteroatoms. The fraction of sp³-hybridized carbons (Fsp3) is 0.414. The average Bonchev–Trinajstić information content (AvgIpc) is 3.52. The number of fused-ring (bicyclic) bond motifs is 2. The molecule has 1 amide bonds. The highest BCUT2D eigenvalue weighted by Crippen LogP contribution is 2.34. The normalized spacial score (nSPS) is 20.5. The van der Waals surface area contributed by atoms with Crippen LogP contribution in [0.5, 0.6) is 5.75 Å². The topological polar surface area (TPSA) is 104 Å². The van der Waals surface area contributed by atoms with Gasteiger partial charge < -0.3 is 19.9 Å². The van der Waals surface area contributed by atoms with Gasteiger partial charge in [0.05, 0.1) is 22.9 Å². The van der Waals surface area contributed by atoms with Gasteiger partial charge in [0.15, 0.2) is 17.4 Å². The van der Waals surface area contributed by atoms with Crippen molar-refractivity contribution in [3.63, 3.8) is 0 Å². The number of phenolic OH excluding ortho intramolecular Hbond substituents is 1. The van der Waals surface area contributed by atoms with Crippen molar-refractivity contribution in [3.8, 4) is 28.4 Å². The Morgan fingerprint density at radius 2 is 2.03 bits per heavy atom. The van der Waals surface area contributed by atoms with Crippen molar-refractivity contribution in [1.29, 1.82) is 0 Å². The van der Waals surface area contributed by atoms with Crippen LogP contribution >= 0.6 is 0 Å². The van der Waals surface area contributed by atoms with Crippen LogP contribution in [-0.4, -0.2) is 91.7 Å². The number of benzene rings is 2. The number of phenols is 1. The van der Waals surface area contributed by atoms with E-state index in [1.165, 1.54) is 12.1 Å². The molecule has 0 bridgehead atoms. The minimum atomic E-state index is -0.641. The fourth-order valence-electron chi connectivity index (χ4n) is 6.02. The number of hydrogen-bond donors (Lipinski definition) is 3. The van der Waals surface area contributed by atoms with Crippen LogP contribution in [0.1, 0.15) is 30.8 Å². The molecule has 2 atom stereocenters. The predicted molar refractivity (Wildman–Crippen MR) is 148 cm³/mol. The molecule has 4 aromatic rings. The first-order chi connectivity index (χ1) is 18.7. The summed E-state index contributed by atoms with van der Waals surface area (Å²) in [6.07, 6.45) is 1.22. The van der Waals surface area contributed by atoms with Crippen LogP contribution in [0.2, 0.25) is 0 Å². The summed E-state index contributed by atoms with van der Waals surface area (Å²) >= 11 is 0. The Hall–Kier alpha value is -3.76. The van der Waals surface area contributed by atoms with Crippen molar-refractivity contribution >= 4 is 16.8 Å². The van der Waals surface area contributed by atoms with Crippen LogP contribution in [0.25, 0.3) is 33.5 Å². The second-order valence-electron chi connectivity index (χ2n) is 10.9. The molecule has 4 heterocycles. The molecule has 1 fully saturated rings. The summed E-state index contributed by atoms with van der Waals surface area (Å²) in [6, 6.07) is 8.66. The monoisotopic (exact) mass is 531 g/mol. The van der Waals surface area contributed by atoms with Crippen LogP contribution in [0.3, 0.4) is 0 Å². The number of likely N-dealkylation sites (N-methyl/N-ethyl adjacent to an activating group) is 2. The summed E-state index contributed by atoms with van der Waals surface area (Å²) in [5.74, 6) is -0.144. The Bertz CT molecular complexity index is 1560. The number of aromatic amines is 2. The van der Waals surface area contributed by atoms with E-state index in [1.54, 1.807) is 0 Å². The second kappa shape index (κ2) is 9.77. The molecule has 0 aliphatic carbocycles. The Kier molecular flexibility index (Phi) is 6.39. The van der Waals surface area contributed by atoms with E-state index in [-0.39, 0.29) is 23.7 Å². The molecule has 2 aromatic carbocycles. The molecule has 2 aromatic heterocycles. The van der Waals surface area contributed by atoms with Crippen LogP contribution < -0.4 is 0 Å². The summed E-state index contributed by atoms with van der Waals surface area (Å²) in [5, 5.41) is 18.3. The second-order valence-corrected chi connectivity index (χ2v) is 10.9. The van der Waals surface area contributed by atoms with Crippen molar-refractivity contribution in [2.24, 2.45) is 0 Å². The standard InChI is InChI=1S/C29H34FN7O2/c1-5-17-11-26(38)21(30)12-20(17)18-6-7-19-22(10-18)33-34-27(19)28-31-23-13-25(36(4)15-24(23)32-28)29(39)37-9-8-35(3)14-16(37)2/h6-7,10-12,16,25,38H,5,8-9,13-15H2,1-4H3,(H,31,32)(H,33,34)/t16-,25-/m0/s1. The van der Waals surface area contributed by atoms with E-state index in [0.29, 0.717) is 30.9 Å². The number of hydrogen-bond acceptors (Lipinski definition) is 6. The summed E-state index contributed by atoms with van der Waals surface area (Å²) in [5.41, 5.74) is 5.87. The summed E-state index contributed by atoms with van der Waals surface area (Å²) in [4.78, 5) is 28.2. The van der Waals surface area contributed by atoms with Gasteiger partial charge in [-0.1, -0.05) is 13.0 Å². The molecule has 9 nitrogen and oxygen atoms in total. The molecule has 204 valence electrons. The van der Waals surface area contributed by atoms with E-state index in [9.17, 15) is 14.3 Å². The van der Waals surface area contributed by atoms with Crippen LogP contribution in [0.4, 0.5) is 4.39 Å². The summed E-state index contributed by atoms with van der Waals surface area (Å²) in [6.45, 7) is 7.22. The van der Waals surface area contributed by atoms with E-state index in [0.717, 1.165) is 58.6 Å². The van der Waals surface area contributed by atoms with Gasteiger partial charge >= 0.3 is 0 Å². The first-order valence-electron chi connectivity index (χ1n) is 13.5. The molecule has 0 saturated carbocycles.